The molecule has 0 heterocycles. The van der Waals surface area contributed by atoms with Gasteiger partial charge in [0.15, 0.2) is 8.32 Å². The molecule has 11 heteroatoms. The minimum Gasteiger partial charge on any atom is -0.457 e. The van der Waals surface area contributed by atoms with Crippen LogP contribution in [0.5, 0.6) is 0 Å². The Morgan fingerprint density at radius 3 is 1.19 bits per heavy atom. The van der Waals surface area contributed by atoms with Crippen LogP contribution in [0.4, 0.5) is 22.0 Å². The van der Waals surface area contributed by atoms with Crippen molar-refractivity contribution in [2.45, 2.75) is 90.1 Å². The molecule has 0 aliphatic rings. The normalized spacial score (nSPS) is 14.7. The quantitative estimate of drug-likeness (QED) is 0.283. The van der Waals surface area contributed by atoms with Crippen molar-refractivity contribution in [2.24, 2.45) is 0 Å². The topological polar surface area (TPSA) is 61.8 Å². The summed E-state index contributed by atoms with van der Waals surface area (Å²) in [6.07, 6.45) is -6.28. The average molecular weight is 422 g/mol. The summed E-state index contributed by atoms with van der Waals surface area (Å²) in [5.41, 5.74) is -7.25. The van der Waals surface area contributed by atoms with Crippen LogP contribution in [0.1, 0.15) is 41.5 Å². The maximum atomic E-state index is 14.6. The molecule has 0 aromatic carbocycles. The van der Waals surface area contributed by atoms with Gasteiger partial charge in [-0.1, -0.05) is 0 Å². The highest BCUT2D eigenvalue weighted by atomic mass is 28.4. The van der Waals surface area contributed by atoms with Crippen molar-refractivity contribution in [3.05, 3.63) is 0 Å². The van der Waals surface area contributed by atoms with Crippen LogP contribution in [0.25, 0.3) is 0 Å². The van der Waals surface area contributed by atoms with E-state index < -0.39 is 49.2 Å². The summed E-state index contributed by atoms with van der Waals surface area (Å²) in [6.45, 7) is 11.3. The first-order valence-corrected chi connectivity index (χ1v) is 11.5. The lowest BCUT2D eigenvalue weighted by Crippen LogP contribution is -2.71. The van der Waals surface area contributed by atoms with Crippen molar-refractivity contribution in [1.29, 1.82) is 0 Å². The molecule has 0 aliphatic heterocycles. The second-order valence-electron chi connectivity index (χ2n) is 8.97. The van der Waals surface area contributed by atoms with Crippen molar-refractivity contribution in [3.63, 3.8) is 0 Å². The van der Waals surface area contributed by atoms with Crippen LogP contribution in [0.3, 0.4) is 0 Å². The van der Waals surface area contributed by atoms with Crippen molar-refractivity contribution in [2.75, 3.05) is 0 Å². The lowest BCUT2D eigenvalue weighted by atomic mass is 9.94. The Labute approximate surface area is 156 Å². The number of rotatable bonds is 5. The van der Waals surface area contributed by atoms with Gasteiger partial charge in [0, 0.05) is 0 Å². The number of ether oxygens (including phenoxy) is 2. The number of alkyl halides is 5. The van der Waals surface area contributed by atoms with Gasteiger partial charge in [0.05, 0.1) is 0 Å². The lowest BCUT2D eigenvalue weighted by Gasteiger charge is -2.42. The molecule has 0 aromatic rings. The second kappa shape index (κ2) is 7.30. The molecule has 0 saturated heterocycles. The van der Waals surface area contributed by atoms with E-state index in [1.54, 1.807) is 0 Å². The van der Waals surface area contributed by atoms with E-state index in [1.807, 2.05) is 0 Å². The Hall–Kier alpha value is -1.23. The fourth-order valence-electron chi connectivity index (χ4n) is 1.85. The molecule has 0 spiro atoms. The summed E-state index contributed by atoms with van der Waals surface area (Å²) in [7, 11) is -3.34. The summed E-state index contributed by atoms with van der Waals surface area (Å²) in [6, 6.07) is 0. The first-order chi connectivity index (χ1) is 11.5. The number of hydrogen-bond acceptors (Lipinski definition) is 5. The minimum atomic E-state index is -6.28. The molecule has 0 rings (SSSR count). The van der Waals surface area contributed by atoms with Crippen molar-refractivity contribution >= 4 is 20.3 Å². The molecule has 5 nitrogen and oxygen atoms in total. The van der Waals surface area contributed by atoms with Crippen LogP contribution in [0, 0.1) is 0 Å². The summed E-state index contributed by atoms with van der Waals surface area (Å²) in [5.74, 6) is -10.2. The highest BCUT2D eigenvalue weighted by Gasteiger charge is 2.81. The molecular formula is C16H27F5O5Si. The number of hydrogen-bond donors (Lipinski definition) is 0. The highest BCUT2D eigenvalue weighted by molar-refractivity contribution is 6.70. The molecule has 0 aliphatic carbocycles. The lowest BCUT2D eigenvalue weighted by molar-refractivity contribution is -0.332. The average Bonchev–Trinajstić information content (AvgIpc) is 2.28. The van der Waals surface area contributed by atoms with Gasteiger partial charge in [0.25, 0.3) is 0 Å². The maximum Gasteiger partial charge on any atom is 0.457 e. The van der Waals surface area contributed by atoms with Crippen LogP contribution < -0.4 is 0 Å². The summed E-state index contributed by atoms with van der Waals surface area (Å²) >= 11 is 0. The summed E-state index contributed by atoms with van der Waals surface area (Å²) in [5, 5.41) is 0. The Balaban J connectivity index is 6.84. The van der Waals surface area contributed by atoms with E-state index in [-0.39, 0.29) is 0 Å². The van der Waals surface area contributed by atoms with E-state index in [9.17, 15) is 31.5 Å². The zero-order chi connectivity index (χ0) is 22.3. The van der Waals surface area contributed by atoms with Gasteiger partial charge in [-0.25, -0.2) is 9.59 Å². The van der Waals surface area contributed by atoms with Crippen LogP contribution in [0.2, 0.25) is 19.6 Å². The molecule has 0 atom stereocenters. The van der Waals surface area contributed by atoms with Gasteiger partial charge in [-0.05, 0) is 61.2 Å². The summed E-state index contributed by atoms with van der Waals surface area (Å²) in [4.78, 5) is 25.1. The highest BCUT2D eigenvalue weighted by Crippen LogP contribution is 2.48. The van der Waals surface area contributed by atoms with E-state index in [2.05, 4.69) is 0 Å². The van der Waals surface area contributed by atoms with Crippen molar-refractivity contribution in [3.8, 4) is 0 Å². The Kier molecular flexibility index (Phi) is 6.97. The molecule has 0 saturated carbocycles. The molecule has 0 amide bonds. The van der Waals surface area contributed by atoms with Crippen LogP contribution in [-0.4, -0.2) is 49.2 Å². The van der Waals surface area contributed by atoms with E-state index in [0.717, 1.165) is 0 Å². The SMILES string of the molecule is CC(C)(C)OC(=O)C(O[Si](C)(C)C)(C(=O)OC(C)(C)C)C(F)(F)C(F)(F)F. The molecule has 0 unspecified atom stereocenters. The Morgan fingerprint density at radius 1 is 0.704 bits per heavy atom. The van der Waals surface area contributed by atoms with Crippen molar-refractivity contribution < 1.29 is 45.4 Å². The van der Waals surface area contributed by atoms with Crippen molar-refractivity contribution in [1.82, 2.24) is 0 Å². The Morgan fingerprint density at radius 2 is 1.00 bits per heavy atom. The fourth-order valence-corrected chi connectivity index (χ4v) is 3.06. The van der Waals surface area contributed by atoms with Gasteiger partial charge < -0.3 is 13.9 Å². The molecule has 0 aromatic heterocycles. The molecule has 160 valence electrons. The number of carbonyl (C=O) groups excluding carboxylic acids is 2. The smallest absolute Gasteiger partial charge is 0.457 e. The number of carbonyl (C=O) groups is 2. The first-order valence-electron chi connectivity index (χ1n) is 8.08. The zero-order valence-electron chi connectivity index (χ0n) is 16.9. The molecule has 0 N–H and O–H groups in total. The molecule has 27 heavy (non-hydrogen) atoms. The van der Waals surface area contributed by atoms with Gasteiger partial charge >= 0.3 is 29.6 Å². The third-order valence-corrected chi connectivity index (χ3v) is 3.55. The monoisotopic (exact) mass is 422 g/mol. The van der Waals surface area contributed by atoms with Gasteiger partial charge in [-0.3, -0.25) is 0 Å². The minimum absolute atomic E-state index is 1.25. The largest absolute Gasteiger partial charge is 0.457 e. The van der Waals surface area contributed by atoms with E-state index >= 15 is 0 Å². The van der Waals surface area contributed by atoms with Crippen LogP contribution >= 0.6 is 0 Å². The molecule has 0 bridgehead atoms. The zero-order valence-corrected chi connectivity index (χ0v) is 17.9. The Bertz CT molecular complexity index is 540. The second-order valence-corrected chi connectivity index (χ2v) is 13.4. The van der Waals surface area contributed by atoms with E-state index in [1.165, 1.54) is 61.2 Å². The third kappa shape index (κ3) is 6.41. The van der Waals surface area contributed by atoms with Gasteiger partial charge in [0.2, 0.25) is 0 Å². The van der Waals surface area contributed by atoms with E-state index in [0.29, 0.717) is 0 Å². The number of halogens is 5. The molecular weight excluding hydrogens is 395 g/mol. The third-order valence-electron chi connectivity index (χ3n) is 2.63. The van der Waals surface area contributed by atoms with E-state index in [4.69, 9.17) is 13.9 Å². The van der Waals surface area contributed by atoms with Gasteiger partial charge in [-0.15, -0.1) is 0 Å². The summed E-state index contributed by atoms with van der Waals surface area (Å²) < 4.78 is 83.4. The number of esters is 2. The maximum absolute atomic E-state index is 14.6. The molecule has 0 radical (unpaired) electrons. The fraction of sp³-hybridized carbons (Fsp3) is 0.875. The molecule has 0 fully saturated rings. The van der Waals surface area contributed by atoms with Gasteiger partial charge in [0.1, 0.15) is 11.2 Å². The first kappa shape index (κ1) is 25.8. The predicted octanol–water partition coefficient (Wildman–Crippen LogP) is 4.46. The van der Waals surface area contributed by atoms with Crippen LogP contribution in [-0.2, 0) is 23.5 Å². The van der Waals surface area contributed by atoms with Crippen LogP contribution in [0.15, 0.2) is 0 Å². The predicted molar refractivity (Wildman–Crippen MR) is 89.9 cm³/mol. The van der Waals surface area contributed by atoms with Gasteiger partial charge in [-0.2, -0.15) is 22.0 Å². The standard InChI is InChI=1S/C16H27F5O5Si/c1-12(2,3)24-10(22)14(26-27(7,8)9,11(23)25-13(4,5)6)15(17,18)16(19,20)21/h1-9H3.